The smallest absolute Gasteiger partial charge is 0.350 e. The number of hydrogen-bond donors (Lipinski definition) is 0. The number of hydrogen-bond acceptors (Lipinski definition) is 6. The molecular weight excluding hydrogens is 262 g/mol. The summed E-state index contributed by atoms with van der Waals surface area (Å²) in [7, 11) is 5.62. The number of aromatic nitrogens is 1. The van der Waals surface area contributed by atoms with Crippen LogP contribution in [0.25, 0.3) is 0 Å². The van der Waals surface area contributed by atoms with Gasteiger partial charge in [-0.2, -0.15) is 0 Å². The van der Waals surface area contributed by atoms with Crippen LogP contribution in [0, 0.1) is 6.92 Å². The first-order valence-electron chi connectivity index (χ1n) is 6.50. The molecule has 0 bridgehead atoms. The zero-order chi connectivity index (χ0) is 14.0. The van der Waals surface area contributed by atoms with E-state index in [0.717, 1.165) is 36.8 Å². The fourth-order valence-corrected chi connectivity index (χ4v) is 3.37. The average Bonchev–Trinajstić information content (AvgIpc) is 2.80. The average molecular weight is 283 g/mol. The van der Waals surface area contributed by atoms with Gasteiger partial charge in [-0.05, 0) is 39.9 Å². The van der Waals surface area contributed by atoms with Crippen LogP contribution >= 0.6 is 11.3 Å². The topological polar surface area (TPSA) is 45.7 Å². The second kappa shape index (κ2) is 5.88. The molecule has 0 atom stereocenters. The predicted molar refractivity (Wildman–Crippen MR) is 77.1 cm³/mol. The molecule has 1 aromatic heterocycles. The number of rotatable bonds is 3. The molecule has 1 fully saturated rings. The molecule has 1 aliphatic rings. The highest BCUT2D eigenvalue weighted by Gasteiger charge is 2.24. The third-order valence-electron chi connectivity index (χ3n) is 3.69. The van der Waals surface area contributed by atoms with Gasteiger partial charge < -0.3 is 14.5 Å². The van der Waals surface area contributed by atoms with Crippen LogP contribution in [0.15, 0.2) is 0 Å². The number of aryl methyl sites for hydroxylation is 1. The Kier molecular flexibility index (Phi) is 4.42. The second-order valence-electron chi connectivity index (χ2n) is 5.05. The van der Waals surface area contributed by atoms with Crippen molar-refractivity contribution in [2.45, 2.75) is 25.8 Å². The van der Waals surface area contributed by atoms with Crippen LogP contribution in [0.3, 0.4) is 0 Å². The molecule has 0 N–H and O–H groups in total. The van der Waals surface area contributed by atoms with Gasteiger partial charge >= 0.3 is 5.97 Å². The van der Waals surface area contributed by atoms with Crippen LogP contribution in [-0.4, -0.2) is 56.2 Å². The molecule has 1 saturated heterocycles. The first-order valence-corrected chi connectivity index (χ1v) is 7.31. The number of piperidine rings is 1. The van der Waals surface area contributed by atoms with E-state index in [1.165, 1.54) is 18.4 Å². The third-order valence-corrected chi connectivity index (χ3v) is 4.92. The standard InChI is InChI=1S/C13H21N3O2S/c1-9-11(12(17)18-4)19-13(14-9)16(3)10-5-7-15(2)8-6-10/h10H,5-8H2,1-4H3. The number of thiazole rings is 1. The van der Waals surface area contributed by atoms with E-state index < -0.39 is 0 Å². The number of nitrogens with zero attached hydrogens (tertiary/aromatic N) is 3. The summed E-state index contributed by atoms with van der Waals surface area (Å²) in [5.41, 5.74) is 0.756. The largest absolute Gasteiger partial charge is 0.465 e. The maximum atomic E-state index is 11.6. The highest BCUT2D eigenvalue weighted by atomic mass is 32.1. The van der Waals surface area contributed by atoms with Crippen molar-refractivity contribution in [3.8, 4) is 0 Å². The van der Waals surface area contributed by atoms with E-state index in [1.54, 1.807) is 0 Å². The molecule has 106 valence electrons. The molecule has 0 aliphatic carbocycles. The molecule has 0 amide bonds. The SMILES string of the molecule is COC(=O)c1sc(N(C)C2CCN(C)CC2)nc1C. The van der Waals surface area contributed by atoms with Crippen LogP contribution < -0.4 is 4.90 Å². The van der Waals surface area contributed by atoms with Gasteiger partial charge in [0.2, 0.25) is 0 Å². The lowest BCUT2D eigenvalue weighted by Crippen LogP contribution is -2.41. The maximum Gasteiger partial charge on any atom is 0.350 e. The molecule has 0 radical (unpaired) electrons. The molecule has 1 aliphatic heterocycles. The van der Waals surface area contributed by atoms with Gasteiger partial charge in [-0.3, -0.25) is 0 Å². The molecule has 6 heteroatoms. The van der Waals surface area contributed by atoms with Crippen LogP contribution in [0.2, 0.25) is 0 Å². The number of carbonyl (C=O) groups excluding carboxylic acids is 1. The minimum Gasteiger partial charge on any atom is -0.465 e. The minimum atomic E-state index is -0.293. The first-order chi connectivity index (χ1) is 9.02. The van der Waals surface area contributed by atoms with E-state index in [4.69, 9.17) is 4.74 Å². The lowest BCUT2D eigenvalue weighted by atomic mass is 10.0. The summed E-state index contributed by atoms with van der Waals surface area (Å²) < 4.78 is 4.78. The van der Waals surface area contributed by atoms with Crippen molar-refractivity contribution in [1.29, 1.82) is 0 Å². The maximum absolute atomic E-state index is 11.6. The van der Waals surface area contributed by atoms with Crippen molar-refractivity contribution in [3.63, 3.8) is 0 Å². The monoisotopic (exact) mass is 283 g/mol. The van der Waals surface area contributed by atoms with E-state index in [-0.39, 0.29) is 5.97 Å². The molecule has 0 unspecified atom stereocenters. The van der Waals surface area contributed by atoms with Crippen molar-refractivity contribution in [2.75, 3.05) is 39.2 Å². The van der Waals surface area contributed by atoms with Crippen LogP contribution in [-0.2, 0) is 4.74 Å². The van der Waals surface area contributed by atoms with Gasteiger partial charge in [0, 0.05) is 13.1 Å². The molecule has 2 heterocycles. The lowest BCUT2D eigenvalue weighted by molar-refractivity contribution is 0.0605. The third kappa shape index (κ3) is 3.06. The fourth-order valence-electron chi connectivity index (χ4n) is 2.35. The molecule has 0 spiro atoms. The van der Waals surface area contributed by atoms with Crippen molar-refractivity contribution >= 4 is 22.4 Å². The first kappa shape index (κ1) is 14.3. The van der Waals surface area contributed by atoms with Gasteiger partial charge in [0.15, 0.2) is 5.13 Å². The molecule has 1 aromatic rings. The minimum absolute atomic E-state index is 0.293. The van der Waals surface area contributed by atoms with Crippen molar-refractivity contribution in [1.82, 2.24) is 9.88 Å². The van der Waals surface area contributed by atoms with Gasteiger partial charge in [0.1, 0.15) is 4.88 Å². The Hall–Kier alpha value is -1.14. The van der Waals surface area contributed by atoms with Gasteiger partial charge in [-0.25, -0.2) is 9.78 Å². The summed E-state index contributed by atoms with van der Waals surface area (Å²) in [5.74, 6) is -0.293. The van der Waals surface area contributed by atoms with Gasteiger partial charge in [-0.15, -0.1) is 0 Å². The summed E-state index contributed by atoms with van der Waals surface area (Å²) in [6.45, 7) is 4.08. The highest BCUT2D eigenvalue weighted by molar-refractivity contribution is 7.17. The normalized spacial score (nSPS) is 17.5. The number of ether oxygens (including phenoxy) is 1. The van der Waals surface area contributed by atoms with Crippen molar-refractivity contribution in [2.24, 2.45) is 0 Å². The lowest BCUT2D eigenvalue weighted by Gasteiger charge is -2.34. The molecule has 5 nitrogen and oxygen atoms in total. The Bertz CT molecular complexity index is 453. The van der Waals surface area contributed by atoms with Crippen LogP contribution in [0.1, 0.15) is 28.2 Å². The number of methoxy groups -OCH3 is 1. The Labute approximate surface area is 118 Å². The van der Waals surface area contributed by atoms with Crippen molar-refractivity contribution in [3.05, 3.63) is 10.6 Å². The Morgan fingerprint density at radius 1 is 1.47 bits per heavy atom. The molecular formula is C13H21N3O2S. The highest BCUT2D eigenvalue weighted by Crippen LogP contribution is 2.29. The summed E-state index contributed by atoms with van der Waals surface area (Å²) in [6, 6.07) is 0.507. The number of likely N-dealkylation sites (tertiary alicyclic amines) is 1. The van der Waals surface area contributed by atoms with Gasteiger partial charge in [0.05, 0.1) is 12.8 Å². The van der Waals surface area contributed by atoms with E-state index >= 15 is 0 Å². The zero-order valence-electron chi connectivity index (χ0n) is 12.0. The second-order valence-corrected chi connectivity index (χ2v) is 6.03. The van der Waals surface area contributed by atoms with Crippen LogP contribution in [0.5, 0.6) is 0 Å². The summed E-state index contributed by atoms with van der Waals surface area (Å²) >= 11 is 1.42. The van der Waals surface area contributed by atoms with Crippen molar-refractivity contribution < 1.29 is 9.53 Å². The predicted octanol–water partition coefficient (Wildman–Crippen LogP) is 1.77. The summed E-state index contributed by atoms with van der Waals surface area (Å²) in [6.07, 6.45) is 2.28. The quantitative estimate of drug-likeness (QED) is 0.791. The Morgan fingerprint density at radius 3 is 2.68 bits per heavy atom. The van der Waals surface area contributed by atoms with E-state index in [9.17, 15) is 4.79 Å². The van der Waals surface area contributed by atoms with Gasteiger partial charge in [0.25, 0.3) is 0 Å². The summed E-state index contributed by atoms with van der Waals surface area (Å²) in [4.78, 5) is 21.3. The van der Waals surface area contributed by atoms with E-state index in [2.05, 4.69) is 28.9 Å². The molecule has 2 rings (SSSR count). The zero-order valence-corrected chi connectivity index (χ0v) is 12.8. The fraction of sp³-hybridized carbons (Fsp3) is 0.692. The number of anilines is 1. The number of esters is 1. The number of carbonyl (C=O) groups is 1. The molecule has 0 saturated carbocycles. The molecule has 19 heavy (non-hydrogen) atoms. The van der Waals surface area contributed by atoms with E-state index in [1.807, 2.05) is 6.92 Å². The van der Waals surface area contributed by atoms with Crippen LogP contribution in [0.4, 0.5) is 5.13 Å². The Balaban J connectivity index is 2.11. The Morgan fingerprint density at radius 2 is 2.11 bits per heavy atom. The summed E-state index contributed by atoms with van der Waals surface area (Å²) in [5, 5.41) is 0.910. The van der Waals surface area contributed by atoms with E-state index in [0.29, 0.717) is 10.9 Å². The molecule has 0 aromatic carbocycles. The van der Waals surface area contributed by atoms with Gasteiger partial charge in [-0.1, -0.05) is 11.3 Å².